The van der Waals surface area contributed by atoms with Gasteiger partial charge in [-0.1, -0.05) is 6.58 Å². The van der Waals surface area contributed by atoms with Gasteiger partial charge >= 0.3 is 6.18 Å². The number of alkyl halides is 5. The van der Waals surface area contributed by atoms with Crippen molar-refractivity contribution in [2.45, 2.75) is 6.18 Å². The van der Waals surface area contributed by atoms with Crippen LogP contribution in [0, 0.1) is 0 Å². The molecule has 0 aromatic heterocycles. The standard InChI is InChI=1S/C4H4F4O.CH3F/c1-3(9-2-5)4(6,7)8;1-2/h1-2H2;1H3. The molecule has 0 aromatic carbocycles. The van der Waals surface area contributed by atoms with Crippen molar-refractivity contribution < 1.29 is 26.7 Å². The lowest BCUT2D eigenvalue weighted by Crippen LogP contribution is -2.12. The molecule has 0 bridgehead atoms. The Labute approximate surface area is 60.5 Å². The van der Waals surface area contributed by atoms with Crippen molar-refractivity contribution in [3.63, 3.8) is 0 Å². The molecule has 0 saturated carbocycles. The van der Waals surface area contributed by atoms with Gasteiger partial charge in [0.1, 0.15) is 0 Å². The smallest absolute Gasteiger partial charge is 0.448 e. The van der Waals surface area contributed by atoms with Gasteiger partial charge in [-0.2, -0.15) is 13.2 Å². The van der Waals surface area contributed by atoms with E-state index in [0.29, 0.717) is 7.18 Å². The van der Waals surface area contributed by atoms with Crippen molar-refractivity contribution in [1.29, 1.82) is 0 Å². The Kier molecular flexibility index (Phi) is 6.92. The summed E-state index contributed by atoms with van der Waals surface area (Å²) in [6, 6.07) is 0. The molecule has 0 atom stereocenters. The van der Waals surface area contributed by atoms with E-state index in [9.17, 15) is 22.0 Å². The van der Waals surface area contributed by atoms with Gasteiger partial charge in [-0.05, 0) is 0 Å². The van der Waals surface area contributed by atoms with Crippen LogP contribution in [0.1, 0.15) is 0 Å². The van der Waals surface area contributed by atoms with Crippen molar-refractivity contribution in [2.75, 3.05) is 14.0 Å². The van der Waals surface area contributed by atoms with Crippen molar-refractivity contribution in [1.82, 2.24) is 0 Å². The molecule has 0 radical (unpaired) electrons. The van der Waals surface area contributed by atoms with Crippen LogP contribution in [0.4, 0.5) is 22.0 Å². The van der Waals surface area contributed by atoms with Crippen molar-refractivity contribution in [3.05, 3.63) is 12.3 Å². The Morgan fingerprint density at radius 3 is 1.82 bits per heavy atom. The maximum absolute atomic E-state index is 11.2. The third-order valence-corrected chi connectivity index (χ3v) is 0.545. The summed E-state index contributed by atoms with van der Waals surface area (Å²) in [5.41, 5.74) is 0. The molecule has 0 amide bonds. The van der Waals surface area contributed by atoms with Crippen LogP contribution in [0.25, 0.3) is 0 Å². The molecule has 0 aromatic rings. The lowest BCUT2D eigenvalue weighted by atomic mass is 10.6. The molecular formula is C5H7F5O. The molecule has 0 heterocycles. The second-order valence-electron chi connectivity index (χ2n) is 1.17. The molecule has 0 saturated heterocycles. The van der Waals surface area contributed by atoms with Crippen LogP contribution >= 0.6 is 0 Å². The monoisotopic (exact) mass is 178 g/mol. The average molecular weight is 178 g/mol. The van der Waals surface area contributed by atoms with Gasteiger partial charge in [-0.3, -0.25) is 4.39 Å². The summed E-state index contributed by atoms with van der Waals surface area (Å²) in [7, 11) is 0.500. The molecule has 68 valence electrons. The predicted octanol–water partition coefficient (Wildman–Crippen LogP) is 2.59. The van der Waals surface area contributed by atoms with E-state index in [1.807, 2.05) is 0 Å². The average Bonchev–Trinajstić information content (AvgIpc) is 1.91. The largest absolute Gasteiger partial charge is 0.458 e. The van der Waals surface area contributed by atoms with Crippen LogP contribution in [0.3, 0.4) is 0 Å². The van der Waals surface area contributed by atoms with Crippen LogP contribution < -0.4 is 0 Å². The Balaban J connectivity index is 0. The second kappa shape index (κ2) is 5.94. The summed E-state index contributed by atoms with van der Waals surface area (Å²) in [6.07, 6.45) is -4.65. The highest BCUT2D eigenvalue weighted by atomic mass is 19.4. The lowest BCUT2D eigenvalue weighted by molar-refractivity contribution is -0.137. The van der Waals surface area contributed by atoms with Gasteiger partial charge in [0.2, 0.25) is 6.86 Å². The molecule has 0 N–H and O–H groups in total. The van der Waals surface area contributed by atoms with Crippen LogP contribution in [-0.2, 0) is 4.74 Å². The quantitative estimate of drug-likeness (QED) is 0.466. The number of hydrogen-bond donors (Lipinski definition) is 0. The topological polar surface area (TPSA) is 9.23 Å². The summed E-state index contributed by atoms with van der Waals surface area (Å²) < 4.78 is 57.6. The molecule has 0 aliphatic heterocycles. The first-order valence-corrected chi connectivity index (χ1v) is 2.31. The van der Waals surface area contributed by atoms with Crippen molar-refractivity contribution in [3.8, 4) is 0 Å². The summed E-state index contributed by atoms with van der Waals surface area (Å²) in [5, 5.41) is 0. The SMILES string of the molecule is C=C(OCF)C(F)(F)F.CF. The second-order valence-corrected chi connectivity index (χ2v) is 1.17. The third kappa shape index (κ3) is 7.08. The molecule has 11 heavy (non-hydrogen) atoms. The van der Waals surface area contributed by atoms with E-state index in [4.69, 9.17) is 0 Å². The molecule has 6 heteroatoms. The summed E-state index contributed by atoms with van der Waals surface area (Å²) in [4.78, 5) is 0. The van der Waals surface area contributed by atoms with Crippen LogP contribution in [0.15, 0.2) is 12.3 Å². The highest BCUT2D eigenvalue weighted by Crippen LogP contribution is 2.24. The van der Waals surface area contributed by atoms with Gasteiger partial charge in [-0.15, -0.1) is 0 Å². The predicted molar refractivity (Wildman–Crippen MR) is 29.3 cm³/mol. The summed E-state index contributed by atoms with van der Waals surface area (Å²) in [6.45, 7) is 0.927. The zero-order valence-electron chi connectivity index (χ0n) is 5.71. The Hall–Kier alpha value is -0.810. The number of ether oxygens (including phenoxy) is 1. The molecule has 1 nitrogen and oxygen atoms in total. The molecule has 0 aliphatic carbocycles. The Morgan fingerprint density at radius 1 is 1.36 bits per heavy atom. The van der Waals surface area contributed by atoms with E-state index in [-0.39, 0.29) is 0 Å². The van der Waals surface area contributed by atoms with E-state index in [2.05, 4.69) is 11.3 Å². The first kappa shape index (κ1) is 12.8. The van der Waals surface area contributed by atoms with E-state index < -0.39 is 18.8 Å². The van der Waals surface area contributed by atoms with E-state index >= 15 is 0 Å². The molecule has 0 rings (SSSR count). The van der Waals surface area contributed by atoms with Gasteiger partial charge < -0.3 is 4.74 Å². The van der Waals surface area contributed by atoms with Crippen LogP contribution in [0.5, 0.6) is 0 Å². The van der Waals surface area contributed by atoms with Gasteiger partial charge in [0.15, 0.2) is 5.76 Å². The zero-order chi connectivity index (χ0) is 9.49. The first-order valence-electron chi connectivity index (χ1n) is 2.31. The van der Waals surface area contributed by atoms with Crippen LogP contribution in [-0.4, -0.2) is 20.2 Å². The highest BCUT2D eigenvalue weighted by molar-refractivity contribution is 4.90. The molecule has 0 fully saturated rings. The maximum Gasteiger partial charge on any atom is 0.448 e. The fraction of sp³-hybridized carbons (Fsp3) is 0.600. The number of halogens is 5. The maximum atomic E-state index is 11.2. The van der Waals surface area contributed by atoms with Crippen LogP contribution in [0.2, 0.25) is 0 Å². The first-order chi connectivity index (χ1) is 4.98. The van der Waals surface area contributed by atoms with Crippen molar-refractivity contribution >= 4 is 0 Å². The number of rotatable bonds is 2. The molecule has 0 spiro atoms. The summed E-state index contributed by atoms with van der Waals surface area (Å²) in [5.74, 6) is -1.51. The third-order valence-electron chi connectivity index (χ3n) is 0.545. The Bertz CT molecular complexity index is 108. The molecule has 0 unspecified atom stereocenters. The molecular weight excluding hydrogens is 171 g/mol. The lowest BCUT2D eigenvalue weighted by Gasteiger charge is -2.07. The summed E-state index contributed by atoms with van der Waals surface area (Å²) >= 11 is 0. The zero-order valence-corrected chi connectivity index (χ0v) is 5.71. The van der Waals surface area contributed by atoms with E-state index in [0.717, 1.165) is 0 Å². The van der Waals surface area contributed by atoms with Crippen molar-refractivity contribution in [2.24, 2.45) is 0 Å². The fourth-order valence-electron chi connectivity index (χ4n) is 0.148. The van der Waals surface area contributed by atoms with Gasteiger partial charge in [0, 0.05) is 0 Å². The highest BCUT2D eigenvalue weighted by Gasteiger charge is 2.33. The minimum atomic E-state index is -4.65. The fourth-order valence-corrected chi connectivity index (χ4v) is 0.148. The normalized spacial score (nSPS) is 9.64. The van der Waals surface area contributed by atoms with Gasteiger partial charge in [-0.25, -0.2) is 4.39 Å². The number of allylic oxidation sites excluding steroid dienone is 1. The molecule has 0 aliphatic rings. The van der Waals surface area contributed by atoms with Gasteiger partial charge in [0.25, 0.3) is 0 Å². The van der Waals surface area contributed by atoms with E-state index in [1.165, 1.54) is 0 Å². The number of hydrogen-bond acceptors (Lipinski definition) is 1. The minimum absolute atomic E-state index is 0.500. The minimum Gasteiger partial charge on any atom is -0.458 e. The van der Waals surface area contributed by atoms with E-state index in [1.54, 1.807) is 0 Å². The van der Waals surface area contributed by atoms with Gasteiger partial charge in [0.05, 0.1) is 7.18 Å². The Morgan fingerprint density at radius 2 is 1.73 bits per heavy atom.